The number of carbonyl (C=O) groups is 1. The van der Waals surface area contributed by atoms with Crippen LogP contribution in [0.4, 0.5) is 5.82 Å². The van der Waals surface area contributed by atoms with Gasteiger partial charge in [-0.15, -0.1) is 0 Å². The van der Waals surface area contributed by atoms with Crippen molar-refractivity contribution in [3.05, 3.63) is 21.2 Å². The van der Waals surface area contributed by atoms with Crippen molar-refractivity contribution in [3.63, 3.8) is 0 Å². The van der Waals surface area contributed by atoms with E-state index in [0.29, 0.717) is 23.4 Å². The van der Waals surface area contributed by atoms with Crippen LogP contribution >= 0.6 is 31.9 Å². The summed E-state index contributed by atoms with van der Waals surface area (Å²) >= 11 is 6.63. The maximum Gasteiger partial charge on any atom is 0.228 e. The zero-order valence-corrected chi connectivity index (χ0v) is 11.5. The molecule has 0 aromatic carbocycles. The number of aliphatic hydroxyl groups excluding tert-OH is 1. The van der Waals surface area contributed by atoms with Crippen LogP contribution in [0.3, 0.4) is 0 Å². The Kier molecular flexibility index (Phi) is 3.61. The average molecular weight is 350 g/mol. The van der Waals surface area contributed by atoms with E-state index in [-0.39, 0.29) is 18.4 Å². The molecule has 6 heteroatoms. The lowest BCUT2D eigenvalue weighted by atomic mass is 10.1. The van der Waals surface area contributed by atoms with Crippen LogP contribution in [-0.2, 0) is 4.79 Å². The quantitative estimate of drug-likeness (QED) is 0.830. The zero-order valence-electron chi connectivity index (χ0n) is 8.36. The molecule has 1 fully saturated rings. The highest BCUT2D eigenvalue weighted by Gasteiger charge is 2.30. The molecule has 2 heterocycles. The number of hydrogen-bond acceptors (Lipinski definition) is 3. The number of hydrogen-bond donors (Lipinski definition) is 1. The van der Waals surface area contributed by atoms with Crippen LogP contribution in [0.1, 0.15) is 6.42 Å². The van der Waals surface area contributed by atoms with Gasteiger partial charge in [-0.2, -0.15) is 0 Å². The first-order valence-corrected chi connectivity index (χ1v) is 6.43. The van der Waals surface area contributed by atoms with Gasteiger partial charge in [0.1, 0.15) is 10.4 Å². The van der Waals surface area contributed by atoms with Crippen LogP contribution in [0, 0.1) is 5.92 Å². The van der Waals surface area contributed by atoms with Crippen molar-refractivity contribution >= 4 is 43.6 Å². The van der Waals surface area contributed by atoms with Gasteiger partial charge in [-0.05, 0) is 44.0 Å². The third-order valence-corrected chi connectivity index (χ3v) is 4.30. The number of halogens is 2. The van der Waals surface area contributed by atoms with Crippen molar-refractivity contribution in [1.29, 1.82) is 0 Å². The molecule has 1 aliphatic rings. The lowest BCUT2D eigenvalue weighted by Gasteiger charge is -2.15. The first-order valence-electron chi connectivity index (χ1n) is 4.85. The summed E-state index contributed by atoms with van der Waals surface area (Å²) in [6, 6.07) is 3.62. The summed E-state index contributed by atoms with van der Waals surface area (Å²) in [7, 11) is 0. The average Bonchev–Trinajstić information content (AvgIpc) is 2.64. The molecule has 0 saturated carbocycles. The Labute approximate surface area is 110 Å². The predicted molar refractivity (Wildman–Crippen MR) is 67.2 cm³/mol. The summed E-state index contributed by atoms with van der Waals surface area (Å²) < 4.78 is 1.52. The van der Waals surface area contributed by atoms with E-state index >= 15 is 0 Å². The molecule has 1 aromatic heterocycles. The van der Waals surface area contributed by atoms with Gasteiger partial charge in [-0.1, -0.05) is 0 Å². The van der Waals surface area contributed by atoms with Crippen molar-refractivity contribution in [2.45, 2.75) is 6.42 Å². The standard InChI is InChI=1S/C10H10Br2N2O2/c11-7-1-2-8(13-10(7)12)14-4-6(5-15)3-9(14)16/h1-2,6,15H,3-5H2. The van der Waals surface area contributed by atoms with Crippen molar-refractivity contribution in [2.24, 2.45) is 5.92 Å². The molecule has 16 heavy (non-hydrogen) atoms. The van der Waals surface area contributed by atoms with Crippen LogP contribution in [0.5, 0.6) is 0 Å². The number of amides is 1. The first-order chi connectivity index (χ1) is 7.61. The molecule has 1 aliphatic heterocycles. The van der Waals surface area contributed by atoms with Gasteiger partial charge in [0.15, 0.2) is 0 Å². The van der Waals surface area contributed by atoms with Crippen molar-refractivity contribution < 1.29 is 9.90 Å². The molecule has 1 saturated heterocycles. The molecule has 86 valence electrons. The number of rotatable bonds is 2. The third kappa shape index (κ3) is 2.28. The molecule has 0 bridgehead atoms. The molecule has 0 spiro atoms. The lowest BCUT2D eigenvalue weighted by molar-refractivity contribution is -0.117. The molecule has 1 amide bonds. The Bertz CT molecular complexity index is 425. The van der Waals surface area contributed by atoms with Gasteiger partial charge in [0.25, 0.3) is 0 Å². The predicted octanol–water partition coefficient (Wildman–Crippen LogP) is 1.95. The maximum atomic E-state index is 11.7. The van der Waals surface area contributed by atoms with Gasteiger partial charge in [-0.25, -0.2) is 4.98 Å². The highest BCUT2D eigenvalue weighted by molar-refractivity contribution is 9.13. The van der Waals surface area contributed by atoms with E-state index in [1.54, 1.807) is 11.0 Å². The number of nitrogens with zero attached hydrogens (tertiary/aromatic N) is 2. The molecular weight excluding hydrogens is 340 g/mol. The molecule has 4 nitrogen and oxygen atoms in total. The van der Waals surface area contributed by atoms with Gasteiger partial charge in [-0.3, -0.25) is 9.69 Å². The molecule has 1 atom stereocenters. The summed E-state index contributed by atoms with van der Waals surface area (Å²) in [5.74, 6) is 0.661. The molecule has 0 radical (unpaired) electrons. The fraction of sp³-hybridized carbons (Fsp3) is 0.400. The smallest absolute Gasteiger partial charge is 0.228 e. The second-order valence-corrected chi connectivity index (χ2v) is 5.30. The fourth-order valence-corrected chi connectivity index (χ4v) is 2.22. The summed E-state index contributed by atoms with van der Waals surface area (Å²) in [6.07, 6.45) is 0.395. The molecule has 2 rings (SSSR count). The SMILES string of the molecule is O=C1CC(CO)CN1c1ccc(Br)c(Br)n1. The third-order valence-electron chi connectivity index (χ3n) is 2.53. The Hall–Kier alpha value is -0.460. The maximum absolute atomic E-state index is 11.7. The summed E-state index contributed by atoms with van der Waals surface area (Å²) in [5, 5.41) is 9.03. The number of pyridine rings is 1. The van der Waals surface area contributed by atoms with Gasteiger partial charge >= 0.3 is 0 Å². The summed E-state index contributed by atoms with van der Waals surface area (Å²) in [5.41, 5.74) is 0. The van der Waals surface area contributed by atoms with Crippen molar-refractivity contribution in [1.82, 2.24) is 4.98 Å². The largest absolute Gasteiger partial charge is 0.396 e. The highest BCUT2D eigenvalue weighted by Crippen LogP contribution is 2.28. The number of anilines is 1. The highest BCUT2D eigenvalue weighted by atomic mass is 79.9. The van der Waals surface area contributed by atoms with Crippen LogP contribution in [0.2, 0.25) is 0 Å². The number of aliphatic hydroxyl groups is 1. The second-order valence-electron chi connectivity index (χ2n) is 3.70. The minimum Gasteiger partial charge on any atom is -0.396 e. The molecular formula is C10H10Br2N2O2. The lowest BCUT2D eigenvalue weighted by Crippen LogP contribution is -2.25. The monoisotopic (exact) mass is 348 g/mol. The van der Waals surface area contributed by atoms with Gasteiger partial charge in [0.05, 0.1) is 4.47 Å². The fourth-order valence-electron chi connectivity index (χ4n) is 1.68. The summed E-state index contributed by atoms with van der Waals surface area (Å²) in [6.45, 7) is 0.580. The Morgan fingerprint density at radius 3 is 2.81 bits per heavy atom. The van der Waals surface area contributed by atoms with Crippen LogP contribution in [0.15, 0.2) is 21.2 Å². The number of aromatic nitrogens is 1. The molecule has 1 N–H and O–H groups in total. The summed E-state index contributed by atoms with van der Waals surface area (Å²) in [4.78, 5) is 17.6. The minimum atomic E-state index is 0.0146. The van der Waals surface area contributed by atoms with Gasteiger partial charge in [0.2, 0.25) is 5.91 Å². The van der Waals surface area contributed by atoms with Crippen LogP contribution in [-0.4, -0.2) is 29.1 Å². The van der Waals surface area contributed by atoms with E-state index in [0.717, 1.165) is 4.47 Å². The number of carbonyl (C=O) groups excluding carboxylic acids is 1. The second kappa shape index (κ2) is 4.81. The Morgan fingerprint density at radius 2 is 2.25 bits per heavy atom. The Balaban J connectivity index is 2.24. The zero-order chi connectivity index (χ0) is 11.7. The van der Waals surface area contributed by atoms with E-state index in [2.05, 4.69) is 36.8 Å². The Morgan fingerprint density at radius 1 is 1.50 bits per heavy atom. The van der Waals surface area contributed by atoms with Crippen LogP contribution < -0.4 is 4.90 Å². The molecule has 1 unspecified atom stereocenters. The normalized spacial score (nSPS) is 20.6. The molecule has 0 aliphatic carbocycles. The molecule has 1 aromatic rings. The van der Waals surface area contributed by atoms with Crippen LogP contribution in [0.25, 0.3) is 0 Å². The van der Waals surface area contributed by atoms with Gasteiger partial charge in [0, 0.05) is 25.5 Å². The minimum absolute atomic E-state index is 0.0146. The van der Waals surface area contributed by atoms with E-state index in [1.807, 2.05) is 6.07 Å². The van der Waals surface area contributed by atoms with E-state index in [1.165, 1.54) is 0 Å². The van der Waals surface area contributed by atoms with E-state index in [4.69, 9.17) is 5.11 Å². The van der Waals surface area contributed by atoms with Crippen molar-refractivity contribution in [2.75, 3.05) is 18.1 Å². The topological polar surface area (TPSA) is 53.4 Å². The van der Waals surface area contributed by atoms with E-state index < -0.39 is 0 Å². The first kappa shape index (κ1) is 12.0. The van der Waals surface area contributed by atoms with Gasteiger partial charge < -0.3 is 5.11 Å². The van der Waals surface area contributed by atoms with E-state index in [9.17, 15) is 4.79 Å². The van der Waals surface area contributed by atoms with Crippen molar-refractivity contribution in [3.8, 4) is 0 Å².